The zero-order chi connectivity index (χ0) is 14.9. The third kappa shape index (κ3) is 1.59. The van der Waals surface area contributed by atoms with Crippen molar-refractivity contribution in [2.45, 2.75) is 57.4 Å². The Morgan fingerprint density at radius 2 is 1.86 bits per heavy atom. The Balaban J connectivity index is 1.53. The van der Waals surface area contributed by atoms with Crippen molar-refractivity contribution in [3.05, 3.63) is 35.4 Å². The lowest BCUT2D eigenvalue weighted by Gasteiger charge is -2.50. The molecule has 22 heavy (non-hydrogen) atoms. The van der Waals surface area contributed by atoms with E-state index in [2.05, 4.69) is 43.1 Å². The fourth-order valence-electron chi connectivity index (χ4n) is 7.32. The standard InChI is InChI=1S/C21H29N/c1-14-19-9-10-20-18-8-7-15-5-3-4-6-16(15)17(18)11-12-21(19,20)13-22(14)2/h3-6,14,17-20H,7-13H2,1-2H3/t14-,17-,18-,19-,20+,21+/m1/s1. The van der Waals surface area contributed by atoms with Gasteiger partial charge in [0.05, 0.1) is 0 Å². The van der Waals surface area contributed by atoms with Gasteiger partial charge in [0, 0.05) is 12.6 Å². The van der Waals surface area contributed by atoms with Crippen LogP contribution in [0.4, 0.5) is 0 Å². The van der Waals surface area contributed by atoms with E-state index in [4.69, 9.17) is 0 Å². The molecule has 1 spiro atoms. The molecule has 4 aliphatic rings. The summed E-state index contributed by atoms with van der Waals surface area (Å²) in [7, 11) is 2.37. The number of hydrogen-bond acceptors (Lipinski definition) is 1. The quantitative estimate of drug-likeness (QED) is 0.682. The summed E-state index contributed by atoms with van der Waals surface area (Å²) in [6.07, 6.45) is 8.76. The van der Waals surface area contributed by atoms with Gasteiger partial charge in [0.1, 0.15) is 0 Å². The minimum atomic E-state index is 0.682. The van der Waals surface area contributed by atoms with E-state index in [0.29, 0.717) is 5.41 Å². The average Bonchev–Trinajstić information content (AvgIpc) is 3.02. The van der Waals surface area contributed by atoms with E-state index in [1.54, 1.807) is 11.1 Å². The van der Waals surface area contributed by atoms with E-state index >= 15 is 0 Å². The zero-order valence-electron chi connectivity index (χ0n) is 14.1. The molecule has 3 fully saturated rings. The highest BCUT2D eigenvalue weighted by molar-refractivity contribution is 5.35. The first kappa shape index (κ1) is 13.6. The van der Waals surface area contributed by atoms with Crippen LogP contribution in [0.5, 0.6) is 0 Å². The number of rotatable bonds is 0. The van der Waals surface area contributed by atoms with Gasteiger partial charge < -0.3 is 4.90 Å². The van der Waals surface area contributed by atoms with E-state index in [1.807, 2.05) is 0 Å². The smallest absolute Gasteiger partial charge is 0.00982 e. The first-order chi connectivity index (χ1) is 10.7. The Morgan fingerprint density at radius 3 is 2.77 bits per heavy atom. The summed E-state index contributed by atoms with van der Waals surface area (Å²) < 4.78 is 0. The molecule has 0 radical (unpaired) electrons. The van der Waals surface area contributed by atoms with Gasteiger partial charge in [-0.05, 0) is 92.7 Å². The molecule has 1 aromatic carbocycles. The molecule has 1 saturated heterocycles. The van der Waals surface area contributed by atoms with Gasteiger partial charge >= 0.3 is 0 Å². The van der Waals surface area contributed by atoms with Crippen molar-refractivity contribution in [1.29, 1.82) is 0 Å². The third-order valence-corrected chi connectivity index (χ3v) is 8.24. The normalized spacial score (nSPS) is 46.7. The van der Waals surface area contributed by atoms with Crippen molar-refractivity contribution in [2.24, 2.45) is 23.2 Å². The van der Waals surface area contributed by atoms with Crippen LogP contribution in [0.15, 0.2) is 24.3 Å². The highest BCUT2D eigenvalue weighted by atomic mass is 15.2. The number of likely N-dealkylation sites (tertiary alicyclic amines) is 1. The van der Waals surface area contributed by atoms with Crippen molar-refractivity contribution in [1.82, 2.24) is 4.90 Å². The molecule has 3 aliphatic carbocycles. The average molecular weight is 295 g/mol. The molecule has 5 rings (SSSR count). The summed E-state index contributed by atoms with van der Waals surface area (Å²) in [5.41, 5.74) is 4.06. The molecule has 1 heteroatoms. The van der Waals surface area contributed by atoms with Gasteiger partial charge in [0.2, 0.25) is 0 Å². The van der Waals surface area contributed by atoms with E-state index < -0.39 is 0 Å². The number of hydrogen-bond donors (Lipinski definition) is 0. The van der Waals surface area contributed by atoms with Gasteiger partial charge in [0.25, 0.3) is 0 Å². The maximum absolute atomic E-state index is 2.67. The monoisotopic (exact) mass is 295 g/mol. The second kappa shape index (κ2) is 4.60. The molecule has 1 nitrogen and oxygen atoms in total. The predicted molar refractivity (Wildman–Crippen MR) is 91.0 cm³/mol. The highest BCUT2D eigenvalue weighted by Crippen LogP contribution is 2.66. The first-order valence-corrected chi connectivity index (χ1v) is 9.49. The Hall–Kier alpha value is -0.820. The van der Waals surface area contributed by atoms with E-state index in [9.17, 15) is 0 Å². The third-order valence-electron chi connectivity index (χ3n) is 8.24. The lowest BCUT2D eigenvalue weighted by atomic mass is 9.54. The van der Waals surface area contributed by atoms with Crippen LogP contribution in [0.1, 0.15) is 56.1 Å². The van der Waals surface area contributed by atoms with Crippen molar-refractivity contribution in [2.75, 3.05) is 13.6 Å². The lowest BCUT2D eigenvalue weighted by Crippen LogP contribution is -2.44. The van der Waals surface area contributed by atoms with Crippen LogP contribution in [-0.4, -0.2) is 24.5 Å². The molecule has 1 aromatic rings. The summed E-state index contributed by atoms with van der Waals surface area (Å²) >= 11 is 0. The van der Waals surface area contributed by atoms with Gasteiger partial charge in [-0.25, -0.2) is 0 Å². The van der Waals surface area contributed by atoms with Crippen LogP contribution in [0.25, 0.3) is 0 Å². The van der Waals surface area contributed by atoms with Gasteiger partial charge in [0.15, 0.2) is 0 Å². The van der Waals surface area contributed by atoms with Crippen molar-refractivity contribution in [3.63, 3.8) is 0 Å². The van der Waals surface area contributed by atoms with E-state index in [0.717, 1.165) is 29.7 Å². The Bertz CT molecular complexity index is 593. The van der Waals surface area contributed by atoms with Crippen molar-refractivity contribution < 1.29 is 0 Å². The molecule has 1 heterocycles. The minimum absolute atomic E-state index is 0.682. The predicted octanol–water partition coefficient (Wildman–Crippen LogP) is 4.47. The van der Waals surface area contributed by atoms with Crippen LogP contribution in [0.2, 0.25) is 0 Å². The molecular formula is C21H29N. The van der Waals surface area contributed by atoms with Gasteiger partial charge in [-0.3, -0.25) is 0 Å². The van der Waals surface area contributed by atoms with Crippen molar-refractivity contribution >= 4 is 0 Å². The summed E-state index contributed by atoms with van der Waals surface area (Å²) in [5, 5.41) is 0. The molecule has 1 aliphatic heterocycles. The molecule has 6 atom stereocenters. The fraction of sp³-hybridized carbons (Fsp3) is 0.714. The van der Waals surface area contributed by atoms with E-state index in [1.165, 1.54) is 45.1 Å². The maximum atomic E-state index is 2.67. The molecule has 0 unspecified atom stereocenters. The number of aryl methyl sites for hydroxylation is 1. The first-order valence-electron chi connectivity index (χ1n) is 9.49. The largest absolute Gasteiger partial charge is 0.303 e. The minimum Gasteiger partial charge on any atom is -0.303 e. The SMILES string of the molecule is C[C@@H]1[C@H]2CC[C@H]3[C@@H]4CCc5ccccc5[C@H]4CC[C@]23CN1C. The van der Waals surface area contributed by atoms with Crippen molar-refractivity contribution in [3.8, 4) is 0 Å². The Kier molecular flexibility index (Phi) is 2.84. The second-order valence-corrected chi connectivity index (χ2v) is 8.73. The molecule has 0 aromatic heterocycles. The van der Waals surface area contributed by atoms with Crippen LogP contribution in [0, 0.1) is 23.2 Å². The molecular weight excluding hydrogens is 266 g/mol. The maximum Gasteiger partial charge on any atom is 0.00982 e. The van der Waals surface area contributed by atoms with Crippen LogP contribution >= 0.6 is 0 Å². The van der Waals surface area contributed by atoms with Crippen LogP contribution in [-0.2, 0) is 6.42 Å². The molecule has 118 valence electrons. The fourth-order valence-corrected chi connectivity index (χ4v) is 7.32. The number of benzene rings is 1. The summed E-state index contributed by atoms with van der Waals surface area (Å²) in [6.45, 7) is 3.87. The number of fused-ring (bicyclic) bond motifs is 4. The summed E-state index contributed by atoms with van der Waals surface area (Å²) in [6, 6.07) is 10.2. The van der Waals surface area contributed by atoms with Crippen LogP contribution < -0.4 is 0 Å². The van der Waals surface area contributed by atoms with Gasteiger partial charge in [-0.15, -0.1) is 0 Å². The molecule has 0 amide bonds. The summed E-state index contributed by atoms with van der Waals surface area (Å²) in [4.78, 5) is 2.67. The zero-order valence-corrected chi connectivity index (χ0v) is 14.1. The molecule has 0 N–H and O–H groups in total. The highest BCUT2D eigenvalue weighted by Gasteiger charge is 2.61. The van der Waals surface area contributed by atoms with E-state index in [-0.39, 0.29) is 0 Å². The van der Waals surface area contributed by atoms with Gasteiger partial charge in [-0.1, -0.05) is 24.3 Å². The lowest BCUT2D eigenvalue weighted by molar-refractivity contribution is 0.0332. The van der Waals surface area contributed by atoms with Gasteiger partial charge in [-0.2, -0.15) is 0 Å². The Morgan fingerprint density at radius 1 is 1.05 bits per heavy atom. The number of nitrogens with zero attached hydrogens (tertiary/aromatic N) is 1. The Labute approximate surface area is 135 Å². The molecule has 2 saturated carbocycles. The summed E-state index contributed by atoms with van der Waals surface area (Å²) in [5.74, 6) is 3.85. The molecule has 0 bridgehead atoms. The van der Waals surface area contributed by atoms with Crippen LogP contribution in [0.3, 0.4) is 0 Å². The topological polar surface area (TPSA) is 3.24 Å². The second-order valence-electron chi connectivity index (χ2n) is 8.73.